The molecular formula is C17H17F2NO. The summed E-state index contributed by atoms with van der Waals surface area (Å²) in [5, 5.41) is 10.3. The summed E-state index contributed by atoms with van der Waals surface area (Å²) in [5.41, 5.74) is 1.25. The maximum Gasteiger partial charge on any atom is 0.128 e. The third-order valence-electron chi connectivity index (χ3n) is 3.08. The lowest BCUT2D eigenvalue weighted by atomic mass is 9.85. The Morgan fingerprint density at radius 2 is 1.67 bits per heavy atom. The second-order valence-corrected chi connectivity index (χ2v) is 5.88. The van der Waals surface area contributed by atoms with Gasteiger partial charge in [-0.1, -0.05) is 32.9 Å². The van der Waals surface area contributed by atoms with Crippen molar-refractivity contribution in [3.8, 4) is 5.75 Å². The molecule has 2 rings (SSSR count). The van der Waals surface area contributed by atoms with Crippen molar-refractivity contribution in [1.82, 2.24) is 0 Å². The summed E-state index contributed by atoms with van der Waals surface area (Å²) in [6.45, 7) is 5.97. The highest BCUT2D eigenvalue weighted by Crippen LogP contribution is 2.32. The lowest BCUT2D eigenvalue weighted by Gasteiger charge is -2.21. The van der Waals surface area contributed by atoms with E-state index in [0.29, 0.717) is 5.56 Å². The minimum atomic E-state index is -0.685. The Balaban J connectivity index is 2.38. The highest BCUT2D eigenvalue weighted by molar-refractivity contribution is 5.86. The van der Waals surface area contributed by atoms with Crippen molar-refractivity contribution < 1.29 is 13.9 Å². The lowest BCUT2D eigenvalue weighted by molar-refractivity contribution is 0.446. The smallest absolute Gasteiger partial charge is 0.128 e. The molecule has 110 valence electrons. The van der Waals surface area contributed by atoms with E-state index in [4.69, 9.17) is 0 Å². The highest BCUT2D eigenvalue weighted by atomic mass is 19.1. The van der Waals surface area contributed by atoms with Gasteiger partial charge in [0.15, 0.2) is 0 Å². The standard InChI is InChI=1S/C17H17F2NO/c1-17(2,3)15-6-4-5-11(16(15)21)10-20-14-8-12(18)7-13(19)9-14/h4-10,21H,1-3H3/b20-10+. The fraction of sp³-hybridized carbons (Fsp3) is 0.235. The summed E-state index contributed by atoms with van der Waals surface area (Å²) >= 11 is 0. The number of phenols is 1. The van der Waals surface area contributed by atoms with Crippen LogP contribution in [0.25, 0.3) is 0 Å². The van der Waals surface area contributed by atoms with Crippen LogP contribution in [0, 0.1) is 11.6 Å². The number of phenolic OH excluding ortho intramolecular Hbond substituents is 1. The Kier molecular flexibility index (Phi) is 4.07. The summed E-state index contributed by atoms with van der Waals surface area (Å²) in [6, 6.07) is 8.40. The molecule has 0 atom stereocenters. The largest absolute Gasteiger partial charge is 0.507 e. The molecule has 0 unspecified atom stereocenters. The van der Waals surface area contributed by atoms with Crippen LogP contribution >= 0.6 is 0 Å². The molecular weight excluding hydrogens is 272 g/mol. The number of hydrogen-bond donors (Lipinski definition) is 1. The molecule has 0 bridgehead atoms. The number of halogens is 2. The lowest BCUT2D eigenvalue weighted by Crippen LogP contribution is -2.11. The molecule has 0 aromatic heterocycles. The highest BCUT2D eigenvalue weighted by Gasteiger charge is 2.19. The van der Waals surface area contributed by atoms with E-state index in [2.05, 4.69) is 4.99 Å². The first-order valence-electron chi connectivity index (χ1n) is 6.60. The fourth-order valence-electron chi connectivity index (χ4n) is 2.03. The molecule has 1 N–H and O–H groups in total. The van der Waals surface area contributed by atoms with E-state index in [9.17, 15) is 13.9 Å². The van der Waals surface area contributed by atoms with E-state index in [1.807, 2.05) is 32.9 Å². The van der Waals surface area contributed by atoms with Crippen molar-refractivity contribution in [1.29, 1.82) is 0 Å². The van der Waals surface area contributed by atoms with Gasteiger partial charge < -0.3 is 5.11 Å². The van der Waals surface area contributed by atoms with Gasteiger partial charge in [0, 0.05) is 17.8 Å². The molecule has 21 heavy (non-hydrogen) atoms. The molecule has 4 heteroatoms. The van der Waals surface area contributed by atoms with Crippen LogP contribution in [-0.4, -0.2) is 11.3 Å². The summed E-state index contributed by atoms with van der Waals surface area (Å²) in [4.78, 5) is 4.02. The fourth-order valence-corrected chi connectivity index (χ4v) is 2.03. The molecule has 0 saturated carbocycles. The molecule has 0 aliphatic rings. The van der Waals surface area contributed by atoms with Crippen molar-refractivity contribution in [3.05, 3.63) is 59.2 Å². The number of hydrogen-bond acceptors (Lipinski definition) is 2. The third kappa shape index (κ3) is 3.66. The van der Waals surface area contributed by atoms with Gasteiger partial charge >= 0.3 is 0 Å². The molecule has 0 aliphatic heterocycles. The predicted molar refractivity (Wildman–Crippen MR) is 80.4 cm³/mol. The molecule has 0 spiro atoms. The predicted octanol–water partition coefficient (Wildman–Crippen LogP) is 4.72. The minimum absolute atomic E-state index is 0.130. The van der Waals surface area contributed by atoms with E-state index in [-0.39, 0.29) is 16.9 Å². The summed E-state index contributed by atoms with van der Waals surface area (Å²) in [7, 11) is 0. The molecule has 0 fully saturated rings. The molecule has 0 radical (unpaired) electrons. The quantitative estimate of drug-likeness (QED) is 0.797. The topological polar surface area (TPSA) is 32.6 Å². The van der Waals surface area contributed by atoms with Crippen molar-refractivity contribution in [2.75, 3.05) is 0 Å². The maximum absolute atomic E-state index is 13.1. The van der Waals surface area contributed by atoms with Crippen LogP contribution < -0.4 is 0 Å². The molecule has 0 aliphatic carbocycles. The van der Waals surface area contributed by atoms with Gasteiger partial charge in [-0.25, -0.2) is 8.78 Å². The van der Waals surface area contributed by atoms with E-state index in [1.54, 1.807) is 6.07 Å². The van der Waals surface area contributed by atoms with Crippen LogP contribution in [0.2, 0.25) is 0 Å². The summed E-state index contributed by atoms with van der Waals surface area (Å²) in [5.74, 6) is -1.24. The van der Waals surface area contributed by atoms with Crippen molar-refractivity contribution in [2.24, 2.45) is 4.99 Å². The Morgan fingerprint density at radius 3 is 2.24 bits per heavy atom. The zero-order valence-corrected chi connectivity index (χ0v) is 12.2. The van der Waals surface area contributed by atoms with Crippen LogP contribution in [0.3, 0.4) is 0 Å². The first-order chi connectivity index (χ1) is 9.77. The summed E-state index contributed by atoms with van der Waals surface area (Å²) in [6.07, 6.45) is 1.40. The zero-order valence-electron chi connectivity index (χ0n) is 12.2. The van der Waals surface area contributed by atoms with Gasteiger partial charge in [0.05, 0.1) is 5.69 Å². The number of aliphatic imine (C=N–C) groups is 1. The Morgan fingerprint density at radius 1 is 1.05 bits per heavy atom. The average molecular weight is 289 g/mol. The monoisotopic (exact) mass is 289 g/mol. The van der Waals surface area contributed by atoms with Gasteiger partial charge in [-0.05, 0) is 29.2 Å². The van der Waals surface area contributed by atoms with Crippen molar-refractivity contribution in [2.45, 2.75) is 26.2 Å². The van der Waals surface area contributed by atoms with Crippen LogP contribution in [0.5, 0.6) is 5.75 Å². The van der Waals surface area contributed by atoms with Crippen LogP contribution in [0.15, 0.2) is 41.4 Å². The molecule has 0 amide bonds. The van der Waals surface area contributed by atoms with Crippen LogP contribution in [0.4, 0.5) is 14.5 Å². The van der Waals surface area contributed by atoms with Crippen LogP contribution in [0.1, 0.15) is 31.9 Å². The molecule has 2 aromatic rings. The van der Waals surface area contributed by atoms with E-state index < -0.39 is 11.6 Å². The maximum atomic E-state index is 13.1. The van der Waals surface area contributed by atoms with Gasteiger partial charge in [0.25, 0.3) is 0 Å². The average Bonchev–Trinajstić information content (AvgIpc) is 2.35. The Hall–Kier alpha value is -2.23. The second-order valence-electron chi connectivity index (χ2n) is 5.88. The van der Waals surface area contributed by atoms with Gasteiger partial charge in [-0.15, -0.1) is 0 Å². The number of nitrogens with zero attached hydrogens (tertiary/aromatic N) is 1. The normalized spacial score (nSPS) is 12.0. The number of benzene rings is 2. The van der Waals surface area contributed by atoms with Crippen LogP contribution in [-0.2, 0) is 5.41 Å². The summed E-state index contributed by atoms with van der Waals surface area (Å²) < 4.78 is 26.2. The first kappa shape index (κ1) is 15.2. The van der Waals surface area contributed by atoms with Gasteiger partial charge in [0.2, 0.25) is 0 Å². The van der Waals surface area contributed by atoms with E-state index in [1.165, 1.54) is 6.21 Å². The number of aromatic hydroxyl groups is 1. The van der Waals surface area contributed by atoms with Gasteiger partial charge in [0.1, 0.15) is 17.4 Å². The number of rotatable bonds is 2. The minimum Gasteiger partial charge on any atom is -0.507 e. The SMILES string of the molecule is CC(C)(C)c1cccc(/C=N/c2cc(F)cc(F)c2)c1O. The second kappa shape index (κ2) is 5.64. The van der Waals surface area contributed by atoms with Crippen molar-refractivity contribution >= 4 is 11.9 Å². The molecule has 0 heterocycles. The molecule has 2 aromatic carbocycles. The molecule has 0 saturated heterocycles. The Bertz CT molecular complexity index is 667. The van der Waals surface area contributed by atoms with E-state index >= 15 is 0 Å². The van der Waals surface area contributed by atoms with E-state index in [0.717, 1.165) is 23.8 Å². The molecule has 2 nitrogen and oxygen atoms in total. The van der Waals surface area contributed by atoms with Gasteiger partial charge in [-0.3, -0.25) is 4.99 Å². The van der Waals surface area contributed by atoms with Gasteiger partial charge in [-0.2, -0.15) is 0 Å². The third-order valence-corrected chi connectivity index (χ3v) is 3.08. The first-order valence-corrected chi connectivity index (χ1v) is 6.60. The van der Waals surface area contributed by atoms with Crippen molar-refractivity contribution in [3.63, 3.8) is 0 Å². The zero-order chi connectivity index (χ0) is 15.6. The Labute approximate surface area is 122 Å². The number of para-hydroxylation sites is 1.